The third-order valence-electron chi connectivity index (χ3n) is 1.62. The zero-order valence-corrected chi connectivity index (χ0v) is 12.1. The lowest BCUT2D eigenvalue weighted by atomic mass is 10.2. The van der Waals surface area contributed by atoms with E-state index in [0.29, 0.717) is 5.75 Å². The second kappa shape index (κ2) is 6.04. The van der Waals surface area contributed by atoms with Gasteiger partial charge in [-0.3, -0.25) is 0 Å². The van der Waals surface area contributed by atoms with Crippen molar-refractivity contribution >= 4 is 50.8 Å². The molecule has 0 bridgehead atoms. The van der Waals surface area contributed by atoms with Crippen LogP contribution >= 0.6 is 38.5 Å². The number of rotatable bonds is 3. The zero-order valence-electron chi connectivity index (χ0n) is 8.33. The second-order valence-corrected chi connectivity index (χ2v) is 4.82. The Hall–Kier alpha value is -0.830. The van der Waals surface area contributed by atoms with Crippen LogP contribution in [0.4, 0.5) is 4.79 Å². The van der Waals surface area contributed by atoms with E-state index in [1.807, 2.05) is 12.1 Å². The summed E-state index contributed by atoms with van der Waals surface area (Å²) in [5.41, 5.74) is 7.75. The van der Waals surface area contributed by atoms with Gasteiger partial charge in [-0.05, 0) is 34.7 Å². The topological polar surface area (TPSA) is 76.7 Å². The molecule has 0 aliphatic carbocycles. The number of amides is 2. The van der Waals surface area contributed by atoms with Crippen LogP contribution in [0.3, 0.4) is 0 Å². The van der Waals surface area contributed by atoms with Crippen LogP contribution in [0.15, 0.2) is 21.7 Å². The highest BCUT2D eigenvalue weighted by molar-refractivity contribution is 14.1. The summed E-state index contributed by atoms with van der Waals surface area (Å²) < 4.78 is 7.07. The number of primary amides is 1. The second-order valence-electron chi connectivity index (χ2n) is 2.74. The molecule has 7 heteroatoms. The number of hydrazone groups is 1. The van der Waals surface area contributed by atoms with Crippen molar-refractivity contribution in [3.8, 4) is 5.75 Å². The minimum absolute atomic E-state index is 0.693. The first kappa shape index (κ1) is 13.2. The zero-order chi connectivity index (χ0) is 12.1. The Kier molecular flexibility index (Phi) is 5.00. The fourth-order valence-corrected chi connectivity index (χ4v) is 2.83. The predicted octanol–water partition coefficient (Wildman–Crippen LogP) is 2.06. The molecule has 0 unspecified atom stereocenters. The van der Waals surface area contributed by atoms with Gasteiger partial charge in [-0.1, -0.05) is 15.9 Å². The van der Waals surface area contributed by atoms with Gasteiger partial charge < -0.3 is 10.5 Å². The van der Waals surface area contributed by atoms with Crippen molar-refractivity contribution in [2.24, 2.45) is 10.8 Å². The van der Waals surface area contributed by atoms with Gasteiger partial charge in [0.05, 0.1) is 16.9 Å². The molecule has 0 saturated carbocycles. The SMILES string of the molecule is COc1c(I)cc(Br)cc1C=NNC(N)=O. The maximum Gasteiger partial charge on any atom is 0.332 e. The Morgan fingerprint density at radius 1 is 1.69 bits per heavy atom. The average Bonchev–Trinajstić information content (AvgIpc) is 2.16. The van der Waals surface area contributed by atoms with E-state index in [-0.39, 0.29) is 0 Å². The Labute approximate surface area is 115 Å². The number of hydrogen-bond acceptors (Lipinski definition) is 3. The molecule has 0 atom stereocenters. The van der Waals surface area contributed by atoms with E-state index in [1.165, 1.54) is 6.21 Å². The lowest BCUT2D eigenvalue weighted by Gasteiger charge is -2.07. The molecule has 0 heterocycles. The number of nitrogens with zero attached hydrogens (tertiary/aromatic N) is 1. The molecule has 0 fully saturated rings. The first-order valence-corrected chi connectivity index (χ1v) is 6.03. The summed E-state index contributed by atoms with van der Waals surface area (Å²) in [4.78, 5) is 10.4. The van der Waals surface area contributed by atoms with E-state index < -0.39 is 6.03 Å². The predicted molar refractivity (Wildman–Crippen MR) is 73.7 cm³/mol. The highest BCUT2D eigenvalue weighted by Gasteiger charge is 2.07. The van der Waals surface area contributed by atoms with Gasteiger partial charge in [-0.25, -0.2) is 10.2 Å². The van der Waals surface area contributed by atoms with Gasteiger partial charge in [0.15, 0.2) is 0 Å². The van der Waals surface area contributed by atoms with Gasteiger partial charge in [-0.2, -0.15) is 5.10 Å². The van der Waals surface area contributed by atoms with Crippen molar-refractivity contribution in [2.45, 2.75) is 0 Å². The van der Waals surface area contributed by atoms with Crippen molar-refractivity contribution in [1.29, 1.82) is 0 Å². The van der Waals surface area contributed by atoms with Gasteiger partial charge in [0.2, 0.25) is 0 Å². The summed E-state index contributed by atoms with van der Waals surface area (Å²) in [5.74, 6) is 0.693. The van der Waals surface area contributed by atoms with Crippen LogP contribution < -0.4 is 15.9 Å². The van der Waals surface area contributed by atoms with Gasteiger partial charge in [0, 0.05) is 10.0 Å². The molecule has 0 saturated heterocycles. The molecule has 2 amide bonds. The summed E-state index contributed by atoms with van der Waals surface area (Å²) in [5, 5.41) is 3.68. The number of nitrogens with two attached hydrogens (primary N) is 1. The summed E-state index contributed by atoms with van der Waals surface area (Å²) in [6, 6.07) is 3.03. The van der Waals surface area contributed by atoms with Crippen molar-refractivity contribution < 1.29 is 9.53 Å². The van der Waals surface area contributed by atoms with Crippen molar-refractivity contribution in [3.05, 3.63) is 25.7 Å². The van der Waals surface area contributed by atoms with E-state index in [1.54, 1.807) is 7.11 Å². The molecule has 3 N–H and O–H groups in total. The first-order valence-electron chi connectivity index (χ1n) is 4.16. The number of methoxy groups -OCH3 is 1. The highest BCUT2D eigenvalue weighted by atomic mass is 127. The lowest BCUT2D eigenvalue weighted by molar-refractivity contribution is 0.249. The van der Waals surface area contributed by atoms with Crippen LogP contribution in [0, 0.1) is 3.57 Å². The fourth-order valence-electron chi connectivity index (χ4n) is 1.06. The monoisotopic (exact) mass is 397 g/mol. The molecule has 16 heavy (non-hydrogen) atoms. The van der Waals surface area contributed by atoms with Gasteiger partial charge in [-0.15, -0.1) is 0 Å². The van der Waals surface area contributed by atoms with Gasteiger partial charge in [0.25, 0.3) is 0 Å². The molecule has 0 aliphatic heterocycles. The van der Waals surface area contributed by atoms with E-state index in [9.17, 15) is 4.79 Å². The van der Waals surface area contributed by atoms with Crippen LogP contribution in [0.1, 0.15) is 5.56 Å². The normalized spacial score (nSPS) is 10.4. The number of ether oxygens (including phenoxy) is 1. The molecule has 1 aromatic rings. The summed E-state index contributed by atoms with van der Waals surface area (Å²) in [6.45, 7) is 0. The maximum atomic E-state index is 10.4. The molecule has 0 spiro atoms. The molecule has 0 aliphatic rings. The van der Waals surface area contributed by atoms with Crippen LogP contribution in [0.2, 0.25) is 0 Å². The standard InChI is InChI=1S/C9H9BrIN3O2/c1-16-8-5(4-13-14-9(12)15)2-6(10)3-7(8)11/h2-4H,1H3,(H3,12,14,15). The van der Waals surface area contributed by atoms with Crippen molar-refractivity contribution in [1.82, 2.24) is 5.43 Å². The minimum Gasteiger partial charge on any atom is -0.495 e. The molecule has 86 valence electrons. The van der Waals surface area contributed by atoms with Gasteiger partial charge in [0.1, 0.15) is 5.75 Å². The molecule has 0 aromatic heterocycles. The Bertz CT molecular complexity index is 437. The Morgan fingerprint density at radius 2 is 2.38 bits per heavy atom. The van der Waals surface area contributed by atoms with Crippen LogP contribution in [0.25, 0.3) is 0 Å². The Balaban J connectivity index is 3.02. The largest absolute Gasteiger partial charge is 0.495 e. The first-order chi connectivity index (χ1) is 7.54. The van der Waals surface area contributed by atoms with E-state index in [2.05, 4.69) is 49.0 Å². The Morgan fingerprint density at radius 3 is 2.94 bits per heavy atom. The third-order valence-corrected chi connectivity index (χ3v) is 2.88. The molecule has 5 nitrogen and oxygen atoms in total. The van der Waals surface area contributed by atoms with Crippen LogP contribution in [0.5, 0.6) is 5.75 Å². The fraction of sp³-hybridized carbons (Fsp3) is 0.111. The quantitative estimate of drug-likeness (QED) is 0.465. The van der Waals surface area contributed by atoms with Crippen molar-refractivity contribution in [2.75, 3.05) is 7.11 Å². The molecule has 1 aromatic carbocycles. The smallest absolute Gasteiger partial charge is 0.332 e. The molecular formula is C9H9BrIN3O2. The molecule has 1 rings (SSSR count). The van der Waals surface area contributed by atoms with Gasteiger partial charge >= 0.3 is 6.03 Å². The molecular weight excluding hydrogens is 389 g/mol. The number of carbonyl (C=O) groups excluding carboxylic acids is 1. The maximum absolute atomic E-state index is 10.4. The number of benzene rings is 1. The van der Waals surface area contributed by atoms with E-state index in [0.717, 1.165) is 13.6 Å². The van der Waals surface area contributed by atoms with Crippen LogP contribution in [-0.2, 0) is 0 Å². The number of urea groups is 1. The lowest BCUT2D eigenvalue weighted by Crippen LogP contribution is -2.24. The molecule has 0 radical (unpaired) electrons. The minimum atomic E-state index is -0.708. The number of halogens is 2. The number of carbonyl (C=O) groups is 1. The highest BCUT2D eigenvalue weighted by Crippen LogP contribution is 2.28. The summed E-state index contributed by atoms with van der Waals surface area (Å²) in [6.07, 6.45) is 1.47. The van der Waals surface area contributed by atoms with E-state index >= 15 is 0 Å². The average molecular weight is 398 g/mol. The summed E-state index contributed by atoms with van der Waals surface area (Å²) in [7, 11) is 1.57. The third kappa shape index (κ3) is 3.63. The van der Waals surface area contributed by atoms with Crippen LogP contribution in [-0.4, -0.2) is 19.4 Å². The number of nitrogens with one attached hydrogen (secondary N) is 1. The summed E-state index contributed by atoms with van der Waals surface area (Å²) >= 11 is 5.51. The van der Waals surface area contributed by atoms with Crippen molar-refractivity contribution in [3.63, 3.8) is 0 Å². The number of hydrogen-bond donors (Lipinski definition) is 2. The van der Waals surface area contributed by atoms with E-state index in [4.69, 9.17) is 10.5 Å².